The van der Waals surface area contributed by atoms with E-state index in [0.717, 1.165) is 12.0 Å². The number of halogens is 1. The van der Waals surface area contributed by atoms with E-state index < -0.39 is 4.92 Å². The average molecular weight is 257 g/mol. The first-order valence-corrected chi connectivity index (χ1v) is 5.91. The predicted octanol–water partition coefficient (Wildman–Crippen LogP) is 3.53. The minimum absolute atomic E-state index is 0.0218. The van der Waals surface area contributed by atoms with Crippen molar-refractivity contribution in [1.82, 2.24) is 5.32 Å². The second kappa shape index (κ2) is 5.47. The van der Waals surface area contributed by atoms with Crippen LogP contribution in [0.5, 0.6) is 0 Å². The number of rotatable bonds is 5. The molecule has 1 aromatic rings. The van der Waals surface area contributed by atoms with E-state index in [-0.39, 0.29) is 11.2 Å². The van der Waals surface area contributed by atoms with E-state index in [1.807, 2.05) is 0 Å². The molecule has 0 unspecified atom stereocenters. The highest BCUT2D eigenvalue weighted by molar-refractivity contribution is 6.31. The largest absolute Gasteiger partial charge is 0.308 e. The zero-order valence-corrected chi connectivity index (χ0v) is 11.0. The van der Waals surface area contributed by atoms with Gasteiger partial charge in [0.25, 0.3) is 5.69 Å². The summed E-state index contributed by atoms with van der Waals surface area (Å²) in [6.07, 6.45) is 0.998. The van der Waals surface area contributed by atoms with Crippen LogP contribution >= 0.6 is 11.6 Å². The van der Waals surface area contributed by atoms with Crippen LogP contribution in [-0.4, -0.2) is 10.5 Å². The van der Waals surface area contributed by atoms with Gasteiger partial charge in [0.15, 0.2) is 0 Å². The zero-order valence-electron chi connectivity index (χ0n) is 10.3. The van der Waals surface area contributed by atoms with Crippen molar-refractivity contribution in [2.75, 3.05) is 0 Å². The lowest BCUT2D eigenvalue weighted by Crippen LogP contribution is -2.37. The summed E-state index contributed by atoms with van der Waals surface area (Å²) in [6, 6.07) is 4.55. The van der Waals surface area contributed by atoms with Gasteiger partial charge in [-0.3, -0.25) is 10.1 Å². The lowest BCUT2D eigenvalue weighted by atomic mass is 10.0. The second-order valence-corrected chi connectivity index (χ2v) is 5.03. The lowest BCUT2D eigenvalue weighted by Gasteiger charge is -2.24. The third-order valence-electron chi connectivity index (χ3n) is 2.89. The van der Waals surface area contributed by atoms with Crippen molar-refractivity contribution in [3.8, 4) is 0 Å². The van der Waals surface area contributed by atoms with Gasteiger partial charge in [-0.25, -0.2) is 0 Å². The van der Waals surface area contributed by atoms with Gasteiger partial charge in [0.1, 0.15) is 0 Å². The number of nitrogens with one attached hydrogen (secondary N) is 1. The Labute approximate surface area is 106 Å². The van der Waals surface area contributed by atoms with Gasteiger partial charge < -0.3 is 5.32 Å². The van der Waals surface area contributed by atoms with Crippen molar-refractivity contribution in [3.05, 3.63) is 38.9 Å². The van der Waals surface area contributed by atoms with Crippen molar-refractivity contribution < 1.29 is 4.92 Å². The Morgan fingerprint density at radius 1 is 1.47 bits per heavy atom. The highest BCUT2D eigenvalue weighted by atomic mass is 35.5. The molecule has 1 aromatic carbocycles. The molecule has 17 heavy (non-hydrogen) atoms. The van der Waals surface area contributed by atoms with Gasteiger partial charge in [-0.1, -0.05) is 18.5 Å². The van der Waals surface area contributed by atoms with Crippen molar-refractivity contribution in [2.45, 2.75) is 39.3 Å². The number of hydrogen-bond acceptors (Lipinski definition) is 3. The van der Waals surface area contributed by atoms with Crippen LogP contribution in [0.3, 0.4) is 0 Å². The molecule has 4 nitrogen and oxygen atoms in total. The monoisotopic (exact) mass is 256 g/mol. The minimum Gasteiger partial charge on any atom is -0.308 e. The molecule has 0 aromatic heterocycles. The first-order valence-electron chi connectivity index (χ1n) is 5.53. The van der Waals surface area contributed by atoms with Crippen LogP contribution in [0.1, 0.15) is 32.8 Å². The first kappa shape index (κ1) is 13.9. The number of hydrogen-bond donors (Lipinski definition) is 1. The van der Waals surface area contributed by atoms with Crippen LogP contribution in [-0.2, 0) is 6.54 Å². The summed E-state index contributed by atoms with van der Waals surface area (Å²) in [4.78, 5) is 10.1. The Bertz CT molecular complexity index is 419. The van der Waals surface area contributed by atoms with Crippen molar-refractivity contribution in [1.29, 1.82) is 0 Å². The molecule has 0 radical (unpaired) electrons. The highest BCUT2D eigenvalue weighted by Gasteiger charge is 2.15. The molecule has 0 saturated carbocycles. The molecule has 1 N–H and O–H groups in total. The summed E-state index contributed by atoms with van der Waals surface area (Å²) >= 11 is 6.00. The molecule has 0 fully saturated rings. The average Bonchev–Trinajstić information content (AvgIpc) is 2.27. The fourth-order valence-electron chi connectivity index (χ4n) is 1.25. The van der Waals surface area contributed by atoms with Crippen LogP contribution in [0.15, 0.2) is 18.2 Å². The number of nitro groups is 1. The first-order chi connectivity index (χ1) is 7.85. The standard InChI is InChI=1S/C12H17ClN2O2/c1-4-12(2,3)14-8-9-5-6-10(15(16)17)7-11(9)13/h5-7,14H,4,8H2,1-3H3. The maximum atomic E-state index is 10.6. The van der Waals surface area contributed by atoms with E-state index in [1.165, 1.54) is 12.1 Å². The van der Waals surface area contributed by atoms with E-state index in [1.54, 1.807) is 6.07 Å². The lowest BCUT2D eigenvalue weighted by molar-refractivity contribution is -0.384. The summed E-state index contributed by atoms with van der Waals surface area (Å²) < 4.78 is 0. The molecule has 0 atom stereocenters. The fraction of sp³-hybridized carbons (Fsp3) is 0.500. The Hall–Kier alpha value is -1.13. The van der Waals surface area contributed by atoms with Crippen molar-refractivity contribution >= 4 is 17.3 Å². The number of nitro benzene ring substituents is 1. The summed E-state index contributed by atoms with van der Waals surface area (Å²) in [6.45, 7) is 6.92. The summed E-state index contributed by atoms with van der Waals surface area (Å²) in [5, 5.41) is 14.3. The van der Waals surface area contributed by atoms with Crippen LogP contribution in [0.25, 0.3) is 0 Å². The second-order valence-electron chi connectivity index (χ2n) is 4.62. The van der Waals surface area contributed by atoms with Gasteiger partial charge in [-0.15, -0.1) is 0 Å². The molecule has 0 heterocycles. The number of non-ortho nitro benzene ring substituents is 1. The topological polar surface area (TPSA) is 55.2 Å². The molecule has 0 bridgehead atoms. The highest BCUT2D eigenvalue weighted by Crippen LogP contribution is 2.23. The molecule has 0 aliphatic carbocycles. The van der Waals surface area contributed by atoms with Gasteiger partial charge in [-0.2, -0.15) is 0 Å². The van der Waals surface area contributed by atoms with Crippen molar-refractivity contribution in [3.63, 3.8) is 0 Å². The molecule has 1 rings (SSSR count). The molecule has 0 spiro atoms. The third kappa shape index (κ3) is 3.98. The molecular formula is C12H17ClN2O2. The van der Waals surface area contributed by atoms with E-state index in [4.69, 9.17) is 11.6 Å². The maximum absolute atomic E-state index is 10.6. The summed E-state index contributed by atoms with van der Waals surface area (Å²) in [5.74, 6) is 0. The molecule has 5 heteroatoms. The van der Waals surface area contributed by atoms with Crippen LogP contribution in [0, 0.1) is 10.1 Å². The van der Waals surface area contributed by atoms with Gasteiger partial charge in [0, 0.05) is 24.2 Å². The van der Waals surface area contributed by atoms with Crippen LogP contribution in [0.2, 0.25) is 5.02 Å². The smallest absolute Gasteiger partial charge is 0.270 e. The molecule has 0 saturated heterocycles. The fourth-order valence-corrected chi connectivity index (χ4v) is 1.49. The Morgan fingerprint density at radius 3 is 2.59 bits per heavy atom. The Kier molecular flexibility index (Phi) is 4.48. The normalized spacial score (nSPS) is 11.5. The van der Waals surface area contributed by atoms with Crippen LogP contribution in [0.4, 0.5) is 5.69 Å². The maximum Gasteiger partial charge on any atom is 0.270 e. The summed E-state index contributed by atoms with van der Waals surface area (Å²) in [5.41, 5.74) is 0.928. The minimum atomic E-state index is -0.445. The molecule has 0 aliphatic rings. The van der Waals surface area contributed by atoms with E-state index in [2.05, 4.69) is 26.1 Å². The zero-order chi connectivity index (χ0) is 13.1. The molecular weight excluding hydrogens is 240 g/mol. The third-order valence-corrected chi connectivity index (χ3v) is 3.24. The van der Waals surface area contributed by atoms with Crippen LogP contribution < -0.4 is 5.32 Å². The van der Waals surface area contributed by atoms with Crippen molar-refractivity contribution in [2.24, 2.45) is 0 Å². The quantitative estimate of drug-likeness (QED) is 0.648. The summed E-state index contributed by atoms with van der Waals surface area (Å²) in [7, 11) is 0. The van der Waals surface area contributed by atoms with E-state index in [0.29, 0.717) is 11.6 Å². The van der Waals surface area contributed by atoms with Gasteiger partial charge in [0.05, 0.1) is 9.95 Å². The number of benzene rings is 1. The number of nitrogens with zero attached hydrogens (tertiary/aromatic N) is 1. The molecule has 94 valence electrons. The SMILES string of the molecule is CCC(C)(C)NCc1ccc([N+](=O)[O-])cc1Cl. The Balaban J connectivity index is 2.77. The molecule has 0 aliphatic heterocycles. The van der Waals surface area contributed by atoms with E-state index >= 15 is 0 Å². The van der Waals surface area contributed by atoms with Gasteiger partial charge in [-0.05, 0) is 31.9 Å². The van der Waals surface area contributed by atoms with Gasteiger partial charge >= 0.3 is 0 Å². The predicted molar refractivity (Wildman–Crippen MR) is 69.3 cm³/mol. The Morgan fingerprint density at radius 2 is 2.12 bits per heavy atom. The molecule has 0 amide bonds. The van der Waals surface area contributed by atoms with E-state index in [9.17, 15) is 10.1 Å². The van der Waals surface area contributed by atoms with Gasteiger partial charge in [0.2, 0.25) is 0 Å².